The monoisotopic (exact) mass is 470 g/mol. The third-order valence-electron chi connectivity index (χ3n) is 6.53. The number of nitrogens with zero attached hydrogens (tertiary/aromatic N) is 4. The SMILES string of the molecule is Cc1ncnc2ccc(C3=C(c4cccc(C#N)c4)NC(NC(=O)N4CC5(COC5)C4)S3)cc12. The first-order valence-corrected chi connectivity index (χ1v) is 11.9. The van der Waals surface area contributed by atoms with Crippen molar-refractivity contribution in [3.63, 3.8) is 0 Å². The number of ether oxygens (including phenoxy) is 1. The van der Waals surface area contributed by atoms with Gasteiger partial charge in [-0.3, -0.25) is 0 Å². The Labute approximate surface area is 201 Å². The molecule has 3 aromatic rings. The highest BCUT2D eigenvalue weighted by Gasteiger charge is 2.51. The van der Waals surface area contributed by atoms with Gasteiger partial charge >= 0.3 is 6.03 Å². The number of carbonyl (C=O) groups is 1. The number of rotatable bonds is 3. The molecule has 1 unspecified atom stereocenters. The number of aryl methyl sites for hydroxylation is 1. The van der Waals surface area contributed by atoms with Crippen molar-refractivity contribution >= 4 is 39.3 Å². The summed E-state index contributed by atoms with van der Waals surface area (Å²) in [6, 6.07) is 15.7. The lowest BCUT2D eigenvalue weighted by Gasteiger charge is -2.54. The molecule has 0 radical (unpaired) electrons. The van der Waals surface area contributed by atoms with Crippen LogP contribution < -0.4 is 10.6 Å². The fraction of sp³-hybridized carbons (Fsp3) is 0.280. The third-order valence-corrected chi connectivity index (χ3v) is 7.67. The van der Waals surface area contributed by atoms with Gasteiger partial charge in [0.05, 0.1) is 41.5 Å². The second-order valence-corrected chi connectivity index (χ2v) is 10.1. The van der Waals surface area contributed by atoms with Crippen molar-refractivity contribution in [3.8, 4) is 6.07 Å². The van der Waals surface area contributed by atoms with E-state index in [1.165, 1.54) is 0 Å². The fourth-order valence-electron chi connectivity index (χ4n) is 4.65. The first-order chi connectivity index (χ1) is 16.5. The van der Waals surface area contributed by atoms with Gasteiger partial charge in [-0.15, -0.1) is 0 Å². The number of hydrogen-bond acceptors (Lipinski definition) is 7. The summed E-state index contributed by atoms with van der Waals surface area (Å²) < 4.78 is 5.31. The lowest BCUT2D eigenvalue weighted by molar-refractivity contribution is -0.175. The van der Waals surface area contributed by atoms with Crippen molar-refractivity contribution in [1.29, 1.82) is 5.26 Å². The molecule has 1 aromatic heterocycles. The van der Waals surface area contributed by atoms with Crippen LogP contribution in [-0.2, 0) is 4.74 Å². The van der Waals surface area contributed by atoms with E-state index in [4.69, 9.17) is 4.74 Å². The van der Waals surface area contributed by atoms with Gasteiger partial charge in [0.1, 0.15) is 6.33 Å². The van der Waals surface area contributed by atoms with Gasteiger partial charge in [0.25, 0.3) is 0 Å². The van der Waals surface area contributed by atoms with Crippen molar-refractivity contribution in [2.75, 3.05) is 26.3 Å². The van der Waals surface area contributed by atoms with Crippen molar-refractivity contribution in [1.82, 2.24) is 25.5 Å². The number of likely N-dealkylation sites (tertiary alicyclic amines) is 1. The predicted octanol–water partition coefficient (Wildman–Crippen LogP) is 3.30. The molecule has 3 aliphatic rings. The largest absolute Gasteiger partial charge is 0.380 e. The van der Waals surface area contributed by atoms with Crippen molar-refractivity contribution in [2.45, 2.75) is 12.4 Å². The van der Waals surface area contributed by atoms with Gasteiger partial charge in [-0.1, -0.05) is 30.0 Å². The highest BCUT2D eigenvalue weighted by atomic mass is 32.2. The molecule has 0 aliphatic carbocycles. The van der Waals surface area contributed by atoms with Gasteiger partial charge in [0, 0.05) is 34.6 Å². The molecule has 1 spiro atoms. The second-order valence-electron chi connectivity index (χ2n) is 9.03. The van der Waals surface area contributed by atoms with Gasteiger partial charge in [0.15, 0.2) is 5.50 Å². The summed E-state index contributed by atoms with van der Waals surface area (Å²) in [5.41, 5.74) is 5.01. The first kappa shape index (κ1) is 21.0. The van der Waals surface area contributed by atoms with E-state index in [0.29, 0.717) is 5.56 Å². The second kappa shape index (κ2) is 8.01. The van der Waals surface area contributed by atoms with E-state index in [-0.39, 0.29) is 16.9 Å². The number of nitriles is 1. The van der Waals surface area contributed by atoms with Crippen LogP contribution in [0.5, 0.6) is 0 Å². The lowest BCUT2D eigenvalue weighted by atomic mass is 9.78. The Hall–Kier alpha value is -3.61. The molecule has 170 valence electrons. The molecule has 0 bridgehead atoms. The number of carbonyl (C=O) groups excluding carboxylic acids is 1. The minimum Gasteiger partial charge on any atom is -0.380 e. The average Bonchev–Trinajstić information content (AvgIpc) is 3.21. The molecule has 4 heterocycles. The van der Waals surface area contributed by atoms with E-state index >= 15 is 0 Å². The molecular weight excluding hydrogens is 448 g/mol. The Morgan fingerprint density at radius 1 is 1.24 bits per heavy atom. The number of hydrogen-bond donors (Lipinski definition) is 2. The molecular formula is C25H22N6O2S. The molecule has 6 rings (SSSR count). The molecule has 2 aromatic carbocycles. The molecule has 2 saturated heterocycles. The van der Waals surface area contributed by atoms with Crippen LogP contribution in [0, 0.1) is 23.7 Å². The van der Waals surface area contributed by atoms with E-state index in [1.54, 1.807) is 24.2 Å². The minimum absolute atomic E-state index is 0.0864. The topological polar surface area (TPSA) is 103 Å². The zero-order valence-corrected chi connectivity index (χ0v) is 19.4. The molecule has 1 atom stereocenters. The van der Waals surface area contributed by atoms with Gasteiger partial charge in [-0.05, 0) is 36.8 Å². The lowest BCUT2D eigenvalue weighted by Crippen LogP contribution is -2.69. The molecule has 8 nitrogen and oxygen atoms in total. The first-order valence-electron chi connectivity index (χ1n) is 11.1. The van der Waals surface area contributed by atoms with Crippen LogP contribution in [0.4, 0.5) is 4.79 Å². The molecule has 0 saturated carbocycles. The van der Waals surface area contributed by atoms with Crippen LogP contribution in [0.2, 0.25) is 0 Å². The van der Waals surface area contributed by atoms with Gasteiger partial charge in [-0.25, -0.2) is 14.8 Å². The van der Waals surface area contributed by atoms with Crippen LogP contribution >= 0.6 is 11.8 Å². The summed E-state index contributed by atoms with van der Waals surface area (Å²) in [5.74, 6) is 0. The van der Waals surface area contributed by atoms with Crippen molar-refractivity contribution in [2.24, 2.45) is 5.41 Å². The van der Waals surface area contributed by atoms with Crippen LogP contribution in [0.3, 0.4) is 0 Å². The molecule has 3 aliphatic heterocycles. The minimum atomic E-state index is -0.332. The Kier molecular flexibility index (Phi) is 4.94. The van der Waals surface area contributed by atoms with E-state index in [2.05, 4.69) is 32.7 Å². The molecule has 34 heavy (non-hydrogen) atoms. The zero-order chi connectivity index (χ0) is 23.3. The predicted molar refractivity (Wildman–Crippen MR) is 130 cm³/mol. The highest BCUT2D eigenvalue weighted by molar-refractivity contribution is 8.09. The van der Waals surface area contributed by atoms with E-state index in [0.717, 1.165) is 64.6 Å². The van der Waals surface area contributed by atoms with E-state index < -0.39 is 0 Å². The maximum absolute atomic E-state index is 12.9. The normalized spacial score (nSPS) is 20.5. The molecule has 9 heteroatoms. The van der Waals surface area contributed by atoms with Gasteiger partial charge < -0.3 is 20.3 Å². The third kappa shape index (κ3) is 3.56. The number of benzene rings is 2. The average molecular weight is 471 g/mol. The van der Waals surface area contributed by atoms with E-state index in [1.807, 2.05) is 42.2 Å². The van der Waals surface area contributed by atoms with Gasteiger partial charge in [-0.2, -0.15) is 5.26 Å². The molecule has 2 N–H and O–H groups in total. The number of amides is 2. The summed E-state index contributed by atoms with van der Waals surface area (Å²) in [5, 5.41) is 17.0. The number of urea groups is 1. The number of fused-ring (bicyclic) bond motifs is 1. The van der Waals surface area contributed by atoms with Crippen LogP contribution in [-0.4, -0.2) is 52.7 Å². The van der Waals surface area contributed by atoms with Crippen LogP contribution in [0.15, 0.2) is 48.8 Å². The number of thioether (sulfide) groups is 1. The quantitative estimate of drug-likeness (QED) is 0.605. The standard InChI is InChI=1S/C25H22N6O2S/c1-15-19-8-18(5-6-20(19)28-14-27-15)22-21(17-4-2-3-16(7-17)9-26)29-23(34-22)30-24(32)31-10-25(11-31)12-33-13-25/h2-8,14,23,29H,10-13H2,1H3,(H,30,32). The Morgan fingerprint density at radius 3 is 2.85 bits per heavy atom. The maximum Gasteiger partial charge on any atom is 0.319 e. The Balaban J connectivity index is 1.31. The summed E-state index contributed by atoms with van der Waals surface area (Å²) in [4.78, 5) is 24.4. The van der Waals surface area contributed by atoms with Crippen LogP contribution in [0.1, 0.15) is 22.4 Å². The molecule has 2 fully saturated rings. The van der Waals surface area contributed by atoms with Gasteiger partial charge in [0.2, 0.25) is 0 Å². The molecule has 2 amide bonds. The zero-order valence-electron chi connectivity index (χ0n) is 18.5. The van der Waals surface area contributed by atoms with E-state index in [9.17, 15) is 10.1 Å². The maximum atomic E-state index is 12.9. The summed E-state index contributed by atoms with van der Waals surface area (Å²) in [7, 11) is 0. The Morgan fingerprint density at radius 2 is 2.09 bits per heavy atom. The summed E-state index contributed by atoms with van der Waals surface area (Å²) >= 11 is 1.56. The fourth-order valence-corrected chi connectivity index (χ4v) is 5.78. The summed E-state index contributed by atoms with van der Waals surface area (Å²) in [6.07, 6.45) is 1.57. The Bertz CT molecular complexity index is 1390. The van der Waals surface area contributed by atoms with Crippen LogP contribution in [0.25, 0.3) is 21.5 Å². The van der Waals surface area contributed by atoms with Crippen molar-refractivity contribution in [3.05, 3.63) is 71.2 Å². The number of aromatic nitrogens is 2. The van der Waals surface area contributed by atoms with Crippen molar-refractivity contribution < 1.29 is 9.53 Å². The highest BCUT2D eigenvalue weighted by Crippen LogP contribution is 2.43. The smallest absolute Gasteiger partial charge is 0.319 e. The summed E-state index contributed by atoms with van der Waals surface area (Å²) in [6.45, 7) is 4.91. The number of nitrogens with one attached hydrogen (secondary N) is 2.